The van der Waals surface area contributed by atoms with Gasteiger partial charge in [-0.25, -0.2) is 4.79 Å². The van der Waals surface area contributed by atoms with Crippen LogP contribution in [0.2, 0.25) is 0 Å². The van der Waals surface area contributed by atoms with Gasteiger partial charge >= 0.3 is 5.97 Å². The smallest absolute Gasteiger partial charge is 0.350 e. The van der Waals surface area contributed by atoms with Crippen molar-refractivity contribution in [3.63, 3.8) is 0 Å². The van der Waals surface area contributed by atoms with Crippen molar-refractivity contribution in [2.45, 2.75) is 13.0 Å². The van der Waals surface area contributed by atoms with E-state index in [0.717, 1.165) is 5.56 Å². The lowest BCUT2D eigenvalue weighted by Crippen LogP contribution is -2.20. The molecule has 0 aliphatic carbocycles. The average Bonchev–Trinajstić information content (AvgIpc) is 2.50. The van der Waals surface area contributed by atoms with E-state index in [1.54, 1.807) is 4.90 Å². The van der Waals surface area contributed by atoms with Crippen molar-refractivity contribution >= 4 is 5.97 Å². The van der Waals surface area contributed by atoms with E-state index >= 15 is 0 Å². The van der Waals surface area contributed by atoms with Crippen LogP contribution in [0.25, 0.3) is 0 Å². The normalized spacial score (nSPS) is 10.2. The molecule has 0 unspecified atom stereocenters. The fourth-order valence-corrected chi connectivity index (χ4v) is 1.62. The molecule has 0 radical (unpaired) electrons. The van der Waals surface area contributed by atoms with Crippen LogP contribution in [-0.2, 0) is 16.1 Å². The van der Waals surface area contributed by atoms with Crippen molar-refractivity contribution in [1.82, 2.24) is 4.90 Å². The van der Waals surface area contributed by atoms with Crippen LogP contribution in [0.3, 0.4) is 0 Å². The lowest BCUT2D eigenvalue weighted by molar-refractivity contribution is -0.135. The number of esters is 1. The van der Waals surface area contributed by atoms with Gasteiger partial charge in [-0.1, -0.05) is 30.3 Å². The lowest BCUT2D eigenvalue weighted by Gasteiger charge is -2.19. The lowest BCUT2D eigenvalue weighted by atomic mass is 10.2. The van der Waals surface area contributed by atoms with Crippen molar-refractivity contribution in [3.05, 3.63) is 47.7 Å². The number of carbonyl (C=O) groups is 1. The van der Waals surface area contributed by atoms with E-state index in [2.05, 4.69) is 4.74 Å². The van der Waals surface area contributed by atoms with Crippen LogP contribution in [0.5, 0.6) is 0 Å². The van der Waals surface area contributed by atoms with Gasteiger partial charge in [0.05, 0.1) is 19.6 Å². The number of nitrogens with zero attached hydrogens (tertiary/aromatic N) is 3. The summed E-state index contributed by atoms with van der Waals surface area (Å²) in [4.78, 5) is 13.2. The Morgan fingerprint density at radius 1 is 1.35 bits per heavy atom. The van der Waals surface area contributed by atoms with Crippen molar-refractivity contribution < 1.29 is 9.53 Å². The predicted octanol–water partition coefficient (Wildman–Crippen LogP) is 1.98. The van der Waals surface area contributed by atoms with E-state index in [9.17, 15) is 4.79 Å². The van der Waals surface area contributed by atoms with E-state index in [1.165, 1.54) is 13.3 Å². The quantitative estimate of drug-likeness (QED) is 0.448. The Hall–Kier alpha value is -2.79. The van der Waals surface area contributed by atoms with Crippen molar-refractivity contribution in [2.75, 3.05) is 13.7 Å². The van der Waals surface area contributed by atoms with Gasteiger partial charge in [0.15, 0.2) is 5.57 Å². The minimum Gasteiger partial charge on any atom is -0.465 e. The van der Waals surface area contributed by atoms with Gasteiger partial charge < -0.3 is 9.64 Å². The van der Waals surface area contributed by atoms with Crippen LogP contribution in [0.4, 0.5) is 0 Å². The van der Waals surface area contributed by atoms with Crippen LogP contribution in [-0.4, -0.2) is 24.5 Å². The van der Waals surface area contributed by atoms with E-state index in [-0.39, 0.29) is 5.57 Å². The molecular formula is C15H15N3O2. The molecule has 0 aliphatic rings. The Balaban J connectivity index is 2.89. The first-order valence-electron chi connectivity index (χ1n) is 6.06. The monoisotopic (exact) mass is 269 g/mol. The topological polar surface area (TPSA) is 77.1 Å². The van der Waals surface area contributed by atoms with Crippen molar-refractivity contribution in [1.29, 1.82) is 10.5 Å². The summed E-state index contributed by atoms with van der Waals surface area (Å²) < 4.78 is 4.54. The largest absolute Gasteiger partial charge is 0.465 e. The molecule has 0 N–H and O–H groups in total. The molecule has 0 aliphatic heterocycles. The maximum atomic E-state index is 11.4. The average molecular weight is 269 g/mol. The molecule has 0 saturated heterocycles. The highest BCUT2D eigenvalue weighted by Gasteiger charge is 2.11. The van der Waals surface area contributed by atoms with Gasteiger partial charge in [0.1, 0.15) is 6.07 Å². The Labute approximate surface area is 118 Å². The fourth-order valence-electron chi connectivity index (χ4n) is 1.62. The molecule has 1 rings (SSSR count). The number of rotatable bonds is 6. The minimum atomic E-state index is -0.678. The highest BCUT2D eigenvalue weighted by Crippen LogP contribution is 2.08. The van der Waals surface area contributed by atoms with Crippen molar-refractivity contribution in [3.8, 4) is 12.1 Å². The molecule has 0 atom stereocenters. The summed E-state index contributed by atoms with van der Waals surface area (Å²) in [6, 6.07) is 13.5. The van der Waals surface area contributed by atoms with Crippen LogP contribution in [0.1, 0.15) is 12.0 Å². The first-order chi connectivity index (χ1) is 9.71. The zero-order chi connectivity index (χ0) is 14.8. The molecule has 0 spiro atoms. The zero-order valence-electron chi connectivity index (χ0n) is 11.2. The molecule has 1 aromatic carbocycles. The summed E-state index contributed by atoms with van der Waals surface area (Å²) in [5, 5.41) is 17.6. The molecule has 102 valence electrons. The Bertz CT molecular complexity index is 553. The summed E-state index contributed by atoms with van der Waals surface area (Å²) in [5.74, 6) is -0.678. The molecule has 0 saturated carbocycles. The molecule has 0 amide bonds. The summed E-state index contributed by atoms with van der Waals surface area (Å²) >= 11 is 0. The second-order valence-electron chi connectivity index (χ2n) is 4.01. The third-order valence-corrected chi connectivity index (χ3v) is 2.58. The maximum Gasteiger partial charge on any atom is 0.350 e. The number of hydrogen-bond donors (Lipinski definition) is 0. The maximum absolute atomic E-state index is 11.4. The third-order valence-electron chi connectivity index (χ3n) is 2.58. The Morgan fingerprint density at radius 3 is 2.60 bits per heavy atom. The van der Waals surface area contributed by atoms with Crippen LogP contribution in [0.15, 0.2) is 42.1 Å². The van der Waals surface area contributed by atoms with E-state index in [0.29, 0.717) is 19.5 Å². The zero-order valence-corrected chi connectivity index (χ0v) is 11.2. The molecule has 0 fully saturated rings. The fraction of sp³-hybridized carbons (Fsp3) is 0.267. The second-order valence-corrected chi connectivity index (χ2v) is 4.01. The van der Waals surface area contributed by atoms with Gasteiger partial charge in [-0.05, 0) is 5.56 Å². The number of ether oxygens (including phenoxy) is 1. The molecule has 0 bridgehead atoms. The highest BCUT2D eigenvalue weighted by atomic mass is 16.5. The van der Waals surface area contributed by atoms with Gasteiger partial charge in [0.2, 0.25) is 0 Å². The van der Waals surface area contributed by atoms with Gasteiger partial charge in [-0.2, -0.15) is 10.5 Å². The standard InChI is InChI=1S/C15H15N3O2/c1-20-15(19)14(10-17)12-18(9-5-8-16)11-13-6-3-2-4-7-13/h2-4,6-7,12H,5,9,11H2,1H3/b14-12+. The van der Waals surface area contributed by atoms with E-state index in [1.807, 2.05) is 42.5 Å². The summed E-state index contributed by atoms with van der Waals surface area (Å²) in [6.45, 7) is 0.957. The Morgan fingerprint density at radius 2 is 2.05 bits per heavy atom. The van der Waals surface area contributed by atoms with Crippen LogP contribution >= 0.6 is 0 Å². The molecule has 20 heavy (non-hydrogen) atoms. The van der Waals surface area contributed by atoms with Gasteiger partial charge in [-0.3, -0.25) is 0 Å². The summed E-state index contributed by atoms with van der Waals surface area (Å²) in [5.41, 5.74) is 0.949. The summed E-state index contributed by atoms with van der Waals surface area (Å²) in [6.07, 6.45) is 1.75. The van der Waals surface area contributed by atoms with Gasteiger partial charge in [0.25, 0.3) is 0 Å². The summed E-state index contributed by atoms with van der Waals surface area (Å²) in [7, 11) is 1.23. The van der Waals surface area contributed by atoms with Crippen molar-refractivity contribution in [2.24, 2.45) is 0 Å². The van der Waals surface area contributed by atoms with E-state index < -0.39 is 5.97 Å². The van der Waals surface area contributed by atoms with Crippen LogP contribution in [0, 0.1) is 22.7 Å². The molecular weight excluding hydrogens is 254 g/mol. The Kier molecular flexibility index (Phi) is 6.36. The molecule has 1 aromatic rings. The predicted molar refractivity (Wildman–Crippen MR) is 72.8 cm³/mol. The van der Waals surface area contributed by atoms with Crippen LogP contribution < -0.4 is 0 Å². The molecule has 5 nitrogen and oxygen atoms in total. The number of nitriles is 2. The number of methoxy groups -OCH3 is 1. The minimum absolute atomic E-state index is 0.0821. The van der Waals surface area contributed by atoms with Gasteiger partial charge in [-0.15, -0.1) is 0 Å². The first kappa shape index (κ1) is 15.3. The number of benzene rings is 1. The molecule has 0 heterocycles. The van der Waals surface area contributed by atoms with Gasteiger partial charge in [0, 0.05) is 19.3 Å². The SMILES string of the molecule is COC(=O)/C(C#N)=C/N(CCC#N)Cc1ccccc1. The van der Waals surface area contributed by atoms with E-state index in [4.69, 9.17) is 10.5 Å². The second kappa shape index (κ2) is 8.34. The first-order valence-corrected chi connectivity index (χ1v) is 6.06. The highest BCUT2D eigenvalue weighted by molar-refractivity contribution is 5.92. The third kappa shape index (κ3) is 4.83. The number of carbonyl (C=O) groups excluding carboxylic acids is 1. The molecule has 5 heteroatoms. The number of hydrogen-bond acceptors (Lipinski definition) is 5. The molecule has 0 aromatic heterocycles.